The smallest absolute Gasteiger partial charge is 0.0202 e. The zero-order valence-electron chi connectivity index (χ0n) is 12.0. The number of benzene rings is 1. The Bertz CT molecular complexity index is 348. The summed E-state index contributed by atoms with van der Waals surface area (Å²) >= 11 is 0. The number of unbranched alkanes of at least 4 members (excludes halogenated alkanes) is 4. The van der Waals surface area contributed by atoms with Crippen LogP contribution in [0.4, 0.5) is 0 Å². The molecule has 1 aliphatic rings. The fraction of sp³-hybridized carbons (Fsp3) is 0.647. The zero-order valence-corrected chi connectivity index (χ0v) is 12.0. The molecule has 1 N–H and O–H groups in total. The van der Waals surface area contributed by atoms with Crippen LogP contribution in [0, 0.1) is 6.92 Å². The number of hydrogen-bond acceptors (Lipinski definition) is 1. The molecule has 0 aromatic heterocycles. The van der Waals surface area contributed by atoms with Crippen LogP contribution in [0.3, 0.4) is 0 Å². The maximum atomic E-state index is 3.47. The Labute approximate surface area is 112 Å². The Kier molecular flexibility index (Phi) is 4.82. The summed E-state index contributed by atoms with van der Waals surface area (Å²) in [7, 11) is 0. The van der Waals surface area contributed by atoms with Crippen molar-refractivity contribution >= 4 is 0 Å². The summed E-state index contributed by atoms with van der Waals surface area (Å²) in [6.45, 7) is 6.79. The molecule has 1 heterocycles. The highest BCUT2D eigenvalue weighted by Crippen LogP contribution is 2.34. The Morgan fingerprint density at radius 3 is 2.22 bits per heavy atom. The van der Waals surface area contributed by atoms with Gasteiger partial charge in [0, 0.05) is 18.5 Å². The summed E-state index contributed by atoms with van der Waals surface area (Å²) < 4.78 is 0. The van der Waals surface area contributed by atoms with Crippen LogP contribution in [-0.4, -0.2) is 13.1 Å². The van der Waals surface area contributed by atoms with E-state index < -0.39 is 0 Å². The average molecular weight is 245 g/mol. The molecule has 1 aromatic carbocycles. The summed E-state index contributed by atoms with van der Waals surface area (Å²) in [6.07, 6.45) is 8.29. The summed E-state index contributed by atoms with van der Waals surface area (Å²) in [5.74, 6) is 0. The largest absolute Gasteiger partial charge is 0.315 e. The van der Waals surface area contributed by atoms with Crippen molar-refractivity contribution in [2.24, 2.45) is 0 Å². The van der Waals surface area contributed by atoms with E-state index in [0.29, 0.717) is 5.41 Å². The lowest BCUT2D eigenvalue weighted by Crippen LogP contribution is -2.56. The first-order valence-corrected chi connectivity index (χ1v) is 7.55. The third-order valence-corrected chi connectivity index (χ3v) is 4.35. The predicted molar refractivity (Wildman–Crippen MR) is 79.1 cm³/mol. The van der Waals surface area contributed by atoms with Gasteiger partial charge >= 0.3 is 0 Å². The maximum absolute atomic E-state index is 3.47. The van der Waals surface area contributed by atoms with Gasteiger partial charge in [-0.15, -0.1) is 0 Å². The minimum atomic E-state index is 0.444. The van der Waals surface area contributed by atoms with Gasteiger partial charge in [-0.2, -0.15) is 0 Å². The van der Waals surface area contributed by atoms with Gasteiger partial charge < -0.3 is 5.32 Å². The van der Waals surface area contributed by atoms with Crippen molar-refractivity contribution in [1.29, 1.82) is 0 Å². The third kappa shape index (κ3) is 3.14. The lowest BCUT2D eigenvalue weighted by Gasteiger charge is -2.43. The van der Waals surface area contributed by atoms with Crippen LogP contribution in [-0.2, 0) is 5.41 Å². The van der Waals surface area contributed by atoms with Crippen LogP contribution in [0.5, 0.6) is 0 Å². The van der Waals surface area contributed by atoms with Crippen LogP contribution in [0.25, 0.3) is 0 Å². The molecule has 0 radical (unpaired) electrons. The SMILES string of the molecule is CCCCCCCC1(c2ccc(C)cc2)CNC1. The van der Waals surface area contributed by atoms with E-state index in [4.69, 9.17) is 0 Å². The second kappa shape index (κ2) is 6.38. The molecule has 18 heavy (non-hydrogen) atoms. The number of rotatable bonds is 7. The summed E-state index contributed by atoms with van der Waals surface area (Å²) in [6, 6.07) is 9.18. The van der Waals surface area contributed by atoms with E-state index in [1.165, 1.54) is 57.2 Å². The molecule has 0 aliphatic carbocycles. The number of hydrogen-bond donors (Lipinski definition) is 1. The van der Waals surface area contributed by atoms with E-state index in [1.54, 1.807) is 5.56 Å². The molecular formula is C17H27N. The van der Waals surface area contributed by atoms with Crippen molar-refractivity contribution in [3.8, 4) is 0 Å². The Balaban J connectivity index is 1.88. The van der Waals surface area contributed by atoms with Gasteiger partial charge in [-0.25, -0.2) is 0 Å². The predicted octanol–water partition coefficient (Wildman–Crippen LogP) is 4.20. The molecule has 100 valence electrons. The fourth-order valence-electron chi connectivity index (χ4n) is 2.93. The third-order valence-electron chi connectivity index (χ3n) is 4.35. The van der Waals surface area contributed by atoms with E-state index in [9.17, 15) is 0 Å². The Morgan fingerprint density at radius 2 is 1.67 bits per heavy atom. The zero-order chi connectivity index (χ0) is 12.8. The van der Waals surface area contributed by atoms with Crippen molar-refractivity contribution < 1.29 is 0 Å². The van der Waals surface area contributed by atoms with Gasteiger partial charge in [-0.3, -0.25) is 0 Å². The molecule has 1 saturated heterocycles. The molecule has 0 bridgehead atoms. The number of nitrogens with one attached hydrogen (secondary N) is 1. The summed E-state index contributed by atoms with van der Waals surface area (Å²) in [5, 5.41) is 3.47. The normalized spacial score (nSPS) is 17.4. The number of aryl methyl sites for hydroxylation is 1. The first-order chi connectivity index (χ1) is 8.77. The van der Waals surface area contributed by atoms with Crippen molar-refractivity contribution in [1.82, 2.24) is 5.32 Å². The van der Waals surface area contributed by atoms with Crippen molar-refractivity contribution in [2.45, 2.75) is 57.8 Å². The van der Waals surface area contributed by atoms with Crippen LogP contribution in [0.1, 0.15) is 56.6 Å². The molecule has 0 saturated carbocycles. The fourth-order valence-corrected chi connectivity index (χ4v) is 2.93. The maximum Gasteiger partial charge on any atom is 0.0202 e. The van der Waals surface area contributed by atoms with Crippen molar-refractivity contribution in [3.63, 3.8) is 0 Å². The van der Waals surface area contributed by atoms with E-state index in [0.717, 1.165) is 0 Å². The van der Waals surface area contributed by atoms with Crippen LogP contribution < -0.4 is 5.32 Å². The molecule has 0 amide bonds. The first kappa shape index (κ1) is 13.6. The minimum absolute atomic E-state index is 0.444. The quantitative estimate of drug-likeness (QED) is 0.710. The van der Waals surface area contributed by atoms with Crippen LogP contribution in [0.2, 0.25) is 0 Å². The molecule has 1 nitrogen and oxygen atoms in total. The molecule has 1 aliphatic heterocycles. The molecule has 0 atom stereocenters. The highest BCUT2D eigenvalue weighted by atomic mass is 15.0. The van der Waals surface area contributed by atoms with E-state index in [-0.39, 0.29) is 0 Å². The second-order valence-corrected chi connectivity index (χ2v) is 5.91. The topological polar surface area (TPSA) is 12.0 Å². The average Bonchev–Trinajstić information content (AvgIpc) is 2.33. The lowest BCUT2D eigenvalue weighted by molar-refractivity contribution is 0.249. The molecule has 0 unspecified atom stereocenters. The monoisotopic (exact) mass is 245 g/mol. The molecule has 1 fully saturated rings. The molecule has 2 rings (SSSR count). The highest BCUT2D eigenvalue weighted by molar-refractivity contribution is 5.32. The van der Waals surface area contributed by atoms with Gasteiger partial charge in [-0.05, 0) is 18.9 Å². The molecule has 1 heteroatoms. The van der Waals surface area contributed by atoms with E-state index >= 15 is 0 Å². The van der Waals surface area contributed by atoms with Gasteiger partial charge in [0.05, 0.1) is 0 Å². The van der Waals surface area contributed by atoms with Gasteiger partial charge in [0.2, 0.25) is 0 Å². The summed E-state index contributed by atoms with van der Waals surface area (Å²) in [4.78, 5) is 0. The second-order valence-electron chi connectivity index (χ2n) is 5.91. The highest BCUT2D eigenvalue weighted by Gasteiger charge is 2.37. The Morgan fingerprint density at radius 1 is 1.00 bits per heavy atom. The van der Waals surface area contributed by atoms with Crippen molar-refractivity contribution in [2.75, 3.05) is 13.1 Å². The van der Waals surface area contributed by atoms with Crippen LogP contribution in [0.15, 0.2) is 24.3 Å². The van der Waals surface area contributed by atoms with E-state index in [2.05, 4.69) is 43.4 Å². The minimum Gasteiger partial charge on any atom is -0.315 e. The molecule has 1 aromatic rings. The van der Waals surface area contributed by atoms with Gasteiger partial charge in [0.1, 0.15) is 0 Å². The van der Waals surface area contributed by atoms with Crippen LogP contribution >= 0.6 is 0 Å². The van der Waals surface area contributed by atoms with E-state index in [1.807, 2.05) is 0 Å². The first-order valence-electron chi connectivity index (χ1n) is 7.55. The molecular weight excluding hydrogens is 218 g/mol. The standard InChI is InChI=1S/C17H27N/c1-3-4-5-6-7-12-17(13-18-14-17)16-10-8-15(2)9-11-16/h8-11,18H,3-7,12-14H2,1-2H3. The Hall–Kier alpha value is -0.820. The van der Waals surface area contributed by atoms with Gasteiger partial charge in [0.25, 0.3) is 0 Å². The lowest BCUT2D eigenvalue weighted by atomic mass is 9.71. The summed E-state index contributed by atoms with van der Waals surface area (Å²) in [5.41, 5.74) is 3.35. The molecule has 0 spiro atoms. The van der Waals surface area contributed by atoms with Gasteiger partial charge in [-0.1, -0.05) is 68.9 Å². The van der Waals surface area contributed by atoms with Gasteiger partial charge in [0.15, 0.2) is 0 Å². The van der Waals surface area contributed by atoms with Crippen molar-refractivity contribution in [3.05, 3.63) is 35.4 Å².